The van der Waals surface area contributed by atoms with Crippen LogP contribution >= 0.6 is 15.9 Å². The number of carbonyl (C=O) groups is 1. The SMILES string of the molecule is CCOC(=O)c1cnn(-c2ccc(Br)cc2C)c1C(C)C. The monoisotopic (exact) mass is 350 g/mol. The maximum atomic E-state index is 12.1. The van der Waals surface area contributed by atoms with Crippen molar-refractivity contribution in [2.45, 2.75) is 33.6 Å². The predicted molar refractivity (Wildman–Crippen MR) is 86.0 cm³/mol. The fourth-order valence-corrected chi connectivity index (χ4v) is 2.80. The zero-order chi connectivity index (χ0) is 15.6. The highest BCUT2D eigenvalue weighted by Gasteiger charge is 2.22. The van der Waals surface area contributed by atoms with E-state index in [-0.39, 0.29) is 11.9 Å². The molecule has 0 aliphatic heterocycles. The molecule has 0 aliphatic rings. The van der Waals surface area contributed by atoms with E-state index in [1.54, 1.807) is 13.1 Å². The van der Waals surface area contributed by atoms with E-state index in [1.807, 2.05) is 43.7 Å². The Morgan fingerprint density at radius 3 is 2.71 bits per heavy atom. The van der Waals surface area contributed by atoms with Crippen LogP contribution in [0.5, 0.6) is 0 Å². The minimum atomic E-state index is -0.317. The van der Waals surface area contributed by atoms with E-state index in [2.05, 4.69) is 21.0 Å². The maximum absolute atomic E-state index is 12.1. The quantitative estimate of drug-likeness (QED) is 0.774. The molecule has 0 bridgehead atoms. The molecule has 0 spiro atoms. The van der Waals surface area contributed by atoms with Gasteiger partial charge in [-0.05, 0) is 43.5 Å². The average Bonchev–Trinajstić information content (AvgIpc) is 2.83. The second-order valence-electron chi connectivity index (χ2n) is 5.16. The molecule has 1 aromatic heterocycles. The number of hydrogen-bond donors (Lipinski definition) is 0. The number of rotatable bonds is 4. The van der Waals surface area contributed by atoms with E-state index in [9.17, 15) is 4.79 Å². The minimum Gasteiger partial charge on any atom is -0.462 e. The molecule has 2 rings (SSSR count). The summed E-state index contributed by atoms with van der Waals surface area (Å²) in [6.07, 6.45) is 1.59. The molecule has 112 valence electrons. The number of esters is 1. The van der Waals surface area contributed by atoms with Crippen molar-refractivity contribution in [2.75, 3.05) is 6.61 Å². The van der Waals surface area contributed by atoms with E-state index < -0.39 is 0 Å². The lowest BCUT2D eigenvalue weighted by Crippen LogP contribution is -2.11. The summed E-state index contributed by atoms with van der Waals surface area (Å²) in [5, 5.41) is 4.40. The Morgan fingerprint density at radius 1 is 1.43 bits per heavy atom. The van der Waals surface area contributed by atoms with Crippen LogP contribution in [-0.2, 0) is 4.74 Å². The molecule has 0 saturated heterocycles. The van der Waals surface area contributed by atoms with Gasteiger partial charge in [0, 0.05) is 4.47 Å². The standard InChI is InChI=1S/C16H19BrN2O2/c1-5-21-16(20)13-9-18-19(15(13)10(2)3)14-7-6-12(17)8-11(14)4/h6-10H,5H2,1-4H3. The van der Waals surface area contributed by atoms with Gasteiger partial charge < -0.3 is 4.74 Å². The molecular formula is C16H19BrN2O2. The number of hydrogen-bond acceptors (Lipinski definition) is 3. The molecule has 0 saturated carbocycles. The van der Waals surface area contributed by atoms with Gasteiger partial charge in [-0.25, -0.2) is 9.48 Å². The van der Waals surface area contributed by atoms with E-state index in [1.165, 1.54) is 0 Å². The van der Waals surface area contributed by atoms with Gasteiger partial charge in [0.15, 0.2) is 0 Å². The van der Waals surface area contributed by atoms with Gasteiger partial charge in [0.2, 0.25) is 0 Å². The van der Waals surface area contributed by atoms with E-state index in [4.69, 9.17) is 4.74 Å². The Labute approximate surface area is 133 Å². The Morgan fingerprint density at radius 2 is 2.14 bits per heavy atom. The molecule has 1 heterocycles. The fourth-order valence-electron chi connectivity index (χ4n) is 2.33. The van der Waals surface area contributed by atoms with Gasteiger partial charge >= 0.3 is 5.97 Å². The summed E-state index contributed by atoms with van der Waals surface area (Å²) in [6.45, 7) is 8.28. The average molecular weight is 351 g/mol. The smallest absolute Gasteiger partial charge is 0.341 e. The second-order valence-corrected chi connectivity index (χ2v) is 6.08. The topological polar surface area (TPSA) is 44.1 Å². The first kappa shape index (κ1) is 15.8. The molecular weight excluding hydrogens is 332 g/mol. The maximum Gasteiger partial charge on any atom is 0.341 e. The molecule has 0 atom stereocenters. The van der Waals surface area contributed by atoms with E-state index >= 15 is 0 Å². The Balaban J connectivity index is 2.57. The lowest BCUT2D eigenvalue weighted by Gasteiger charge is -2.14. The van der Waals surface area contributed by atoms with Gasteiger partial charge in [-0.2, -0.15) is 5.10 Å². The predicted octanol–water partition coefficient (Wildman–Crippen LogP) is 4.24. The zero-order valence-electron chi connectivity index (χ0n) is 12.7. The van der Waals surface area contributed by atoms with Crippen molar-refractivity contribution in [1.82, 2.24) is 9.78 Å². The van der Waals surface area contributed by atoms with Crippen LogP contribution in [0.3, 0.4) is 0 Å². The van der Waals surface area contributed by atoms with E-state index in [0.29, 0.717) is 12.2 Å². The third-order valence-corrected chi connectivity index (χ3v) is 3.73. The number of aryl methyl sites for hydroxylation is 1. The van der Waals surface area contributed by atoms with Crippen LogP contribution in [-0.4, -0.2) is 22.4 Å². The van der Waals surface area contributed by atoms with Gasteiger partial charge in [0.1, 0.15) is 5.56 Å². The van der Waals surface area contributed by atoms with Crippen LogP contribution in [0.15, 0.2) is 28.9 Å². The molecule has 0 radical (unpaired) electrons. The van der Waals surface area contributed by atoms with Crippen LogP contribution < -0.4 is 0 Å². The minimum absolute atomic E-state index is 0.162. The molecule has 2 aromatic rings. The zero-order valence-corrected chi connectivity index (χ0v) is 14.3. The summed E-state index contributed by atoms with van der Waals surface area (Å²) in [6, 6.07) is 6.00. The highest BCUT2D eigenvalue weighted by molar-refractivity contribution is 9.10. The Bertz CT molecular complexity index is 662. The lowest BCUT2D eigenvalue weighted by atomic mass is 10.1. The van der Waals surface area contributed by atoms with Crippen molar-refractivity contribution in [2.24, 2.45) is 0 Å². The molecule has 0 fully saturated rings. The number of benzene rings is 1. The third-order valence-electron chi connectivity index (χ3n) is 3.24. The van der Waals surface area contributed by atoms with Crippen LogP contribution in [0.25, 0.3) is 5.69 Å². The van der Waals surface area contributed by atoms with Gasteiger partial charge in [-0.1, -0.05) is 29.8 Å². The van der Waals surface area contributed by atoms with Gasteiger partial charge in [0.05, 0.1) is 24.2 Å². The van der Waals surface area contributed by atoms with Crippen molar-refractivity contribution in [3.8, 4) is 5.69 Å². The van der Waals surface area contributed by atoms with Crippen molar-refractivity contribution in [1.29, 1.82) is 0 Å². The summed E-state index contributed by atoms with van der Waals surface area (Å²) in [5.41, 5.74) is 3.47. The van der Waals surface area contributed by atoms with Crippen LogP contribution in [0.4, 0.5) is 0 Å². The molecule has 1 aromatic carbocycles. The van der Waals surface area contributed by atoms with Crippen LogP contribution in [0.1, 0.15) is 48.3 Å². The first-order valence-corrected chi connectivity index (χ1v) is 7.76. The third kappa shape index (κ3) is 3.18. The summed E-state index contributed by atoms with van der Waals surface area (Å²) >= 11 is 3.46. The molecule has 0 unspecified atom stereocenters. The van der Waals surface area contributed by atoms with Crippen LogP contribution in [0, 0.1) is 6.92 Å². The van der Waals surface area contributed by atoms with Gasteiger partial charge in [-0.3, -0.25) is 0 Å². The summed E-state index contributed by atoms with van der Waals surface area (Å²) < 4.78 is 7.97. The molecule has 4 nitrogen and oxygen atoms in total. The molecule has 5 heteroatoms. The molecule has 0 amide bonds. The number of halogens is 1. The number of ether oxygens (including phenoxy) is 1. The highest BCUT2D eigenvalue weighted by atomic mass is 79.9. The number of nitrogens with zero attached hydrogens (tertiary/aromatic N) is 2. The molecule has 0 aliphatic carbocycles. The van der Waals surface area contributed by atoms with Crippen molar-refractivity contribution >= 4 is 21.9 Å². The highest BCUT2D eigenvalue weighted by Crippen LogP contribution is 2.26. The fraction of sp³-hybridized carbons (Fsp3) is 0.375. The largest absolute Gasteiger partial charge is 0.462 e. The van der Waals surface area contributed by atoms with Gasteiger partial charge in [-0.15, -0.1) is 0 Å². The first-order chi connectivity index (χ1) is 9.95. The van der Waals surface area contributed by atoms with E-state index in [0.717, 1.165) is 21.4 Å². The second kappa shape index (κ2) is 6.43. The number of aromatic nitrogens is 2. The normalized spacial score (nSPS) is 11.0. The molecule has 0 N–H and O–H groups in total. The van der Waals surface area contributed by atoms with Crippen molar-refractivity contribution < 1.29 is 9.53 Å². The van der Waals surface area contributed by atoms with Crippen molar-refractivity contribution in [3.05, 3.63) is 45.7 Å². The van der Waals surface area contributed by atoms with Gasteiger partial charge in [0.25, 0.3) is 0 Å². The summed E-state index contributed by atoms with van der Waals surface area (Å²) in [5.74, 6) is -0.155. The summed E-state index contributed by atoms with van der Waals surface area (Å²) in [4.78, 5) is 12.1. The van der Waals surface area contributed by atoms with Crippen LogP contribution in [0.2, 0.25) is 0 Å². The summed E-state index contributed by atoms with van der Waals surface area (Å²) in [7, 11) is 0. The number of carbonyl (C=O) groups excluding carboxylic acids is 1. The first-order valence-electron chi connectivity index (χ1n) is 6.97. The van der Waals surface area contributed by atoms with Crippen molar-refractivity contribution in [3.63, 3.8) is 0 Å². The molecule has 21 heavy (non-hydrogen) atoms. The Hall–Kier alpha value is -1.62. The lowest BCUT2D eigenvalue weighted by molar-refractivity contribution is 0.0524. The Kier molecular flexibility index (Phi) is 4.83.